The first-order valence-electron chi connectivity index (χ1n) is 15.4. The Balaban J connectivity index is 0.00000468. The predicted molar refractivity (Wildman–Crippen MR) is 173 cm³/mol. The van der Waals surface area contributed by atoms with Gasteiger partial charge in [-0.1, -0.05) is 42.5 Å². The third-order valence-electron chi connectivity index (χ3n) is 9.22. The summed E-state index contributed by atoms with van der Waals surface area (Å²) in [4.78, 5) is 53.7. The molecule has 0 aromatic heterocycles. The number of Topliss-reactive ketones (excluding diaryl/α,β-unsaturated/α-hetero) is 1. The number of carbonyl (C=O) groups is 4. The Kier molecular flexibility index (Phi) is 10.2. The molecule has 3 aromatic carbocycles. The molecule has 0 radical (unpaired) electrons. The van der Waals surface area contributed by atoms with E-state index >= 15 is 0 Å². The number of ketones is 3. The molecular weight excluding hydrogens is 662 g/mol. The van der Waals surface area contributed by atoms with Gasteiger partial charge in [0.15, 0.2) is 18.7 Å². The minimum atomic E-state index is -2.33. The molecule has 0 amide bonds. The van der Waals surface area contributed by atoms with Crippen LogP contribution in [0.4, 0.5) is 0 Å². The van der Waals surface area contributed by atoms with E-state index in [-0.39, 0.29) is 53.3 Å². The highest BCUT2D eigenvalue weighted by Gasteiger charge is 2.50. The van der Waals surface area contributed by atoms with Crippen LogP contribution in [0.15, 0.2) is 48.5 Å². The monoisotopic (exact) mass is 697 g/mol. The highest BCUT2D eigenvalue weighted by Crippen LogP contribution is 2.52. The van der Waals surface area contributed by atoms with E-state index in [0.29, 0.717) is 5.56 Å². The number of benzene rings is 3. The maximum atomic E-state index is 13.9. The van der Waals surface area contributed by atoms with E-state index in [1.54, 1.807) is 37.3 Å². The number of fused-ring (bicyclic) bond motifs is 3. The summed E-state index contributed by atoms with van der Waals surface area (Å²) in [6.07, 6.45) is -5.54. The smallest absolute Gasteiger partial charge is 0.310 e. The van der Waals surface area contributed by atoms with Crippen molar-refractivity contribution in [3.05, 3.63) is 87.5 Å². The van der Waals surface area contributed by atoms with Gasteiger partial charge < -0.3 is 45.1 Å². The van der Waals surface area contributed by atoms with Gasteiger partial charge in [-0.3, -0.25) is 19.2 Å². The first-order valence-corrected chi connectivity index (χ1v) is 15.4. The average Bonchev–Trinajstić information content (AvgIpc) is 3.06. The standard InChI is InChI=1S/C35H35NO12.ClH/c1-16-30(39)20(36)12-25(47-16)48-22-14-35(44,23(37)15-46-24(38)11-17-7-4-3-5-8-17)13-19-27(22)34(43)29-28(32(19)41)31(40)18-9-6-10-21(45-2)26(18)33(29)42;/h3-10,16,20,22,25,30,39,41,43-44H,11-15,36H2,1-2H3;1H/t16?,20?,22-,25?,30?,35-;/m0./s1. The topological polar surface area (TPSA) is 212 Å². The van der Waals surface area contributed by atoms with Gasteiger partial charge >= 0.3 is 5.97 Å². The van der Waals surface area contributed by atoms with Crippen molar-refractivity contribution in [2.45, 2.75) is 68.9 Å². The lowest BCUT2D eigenvalue weighted by Gasteiger charge is -2.42. The van der Waals surface area contributed by atoms with Crippen molar-refractivity contribution in [3.63, 3.8) is 0 Å². The summed E-state index contributed by atoms with van der Waals surface area (Å²) in [7, 11) is 1.32. The highest BCUT2D eigenvalue weighted by atomic mass is 35.5. The van der Waals surface area contributed by atoms with Gasteiger partial charge in [0, 0.05) is 42.0 Å². The van der Waals surface area contributed by atoms with Crippen LogP contribution in [-0.4, -0.2) is 87.6 Å². The molecule has 14 heteroatoms. The van der Waals surface area contributed by atoms with Gasteiger partial charge in [-0.15, -0.1) is 12.4 Å². The van der Waals surface area contributed by atoms with Crippen LogP contribution in [0.2, 0.25) is 0 Å². The van der Waals surface area contributed by atoms with Crippen LogP contribution < -0.4 is 10.5 Å². The van der Waals surface area contributed by atoms with Crippen molar-refractivity contribution in [2.75, 3.05) is 13.7 Å². The second-order valence-electron chi connectivity index (χ2n) is 12.3. The van der Waals surface area contributed by atoms with Crippen molar-refractivity contribution in [1.29, 1.82) is 0 Å². The third kappa shape index (κ3) is 6.41. The fourth-order valence-corrected chi connectivity index (χ4v) is 6.70. The highest BCUT2D eigenvalue weighted by molar-refractivity contribution is 6.31. The molecule has 6 atom stereocenters. The number of carbonyl (C=O) groups excluding carboxylic acids is 4. The summed E-state index contributed by atoms with van der Waals surface area (Å²) < 4.78 is 22.5. The number of ether oxygens (including phenoxy) is 4. The molecule has 6 N–H and O–H groups in total. The summed E-state index contributed by atoms with van der Waals surface area (Å²) in [5, 5.41) is 45.4. The van der Waals surface area contributed by atoms with Crippen LogP contribution in [-0.2, 0) is 36.6 Å². The number of methoxy groups -OCH3 is 1. The molecule has 0 spiro atoms. The quantitative estimate of drug-likeness (QED) is 0.132. The summed E-state index contributed by atoms with van der Waals surface area (Å²) in [5.74, 6) is -4.55. The largest absolute Gasteiger partial charge is 0.507 e. The minimum absolute atomic E-state index is 0. The first-order chi connectivity index (χ1) is 22.8. The molecule has 1 aliphatic heterocycles. The summed E-state index contributed by atoms with van der Waals surface area (Å²) in [6.45, 7) is 0.758. The van der Waals surface area contributed by atoms with Gasteiger partial charge in [0.05, 0.1) is 48.5 Å². The Morgan fingerprint density at radius 3 is 2.37 bits per heavy atom. The number of rotatable bonds is 8. The molecule has 6 rings (SSSR count). The van der Waals surface area contributed by atoms with Gasteiger partial charge in [0.2, 0.25) is 11.6 Å². The minimum Gasteiger partial charge on any atom is -0.507 e. The number of aromatic hydroxyl groups is 2. The Hall–Kier alpha value is -4.37. The number of phenols is 2. The van der Waals surface area contributed by atoms with Crippen molar-refractivity contribution < 1.29 is 58.6 Å². The summed E-state index contributed by atoms with van der Waals surface area (Å²) in [6, 6.07) is 12.3. The molecule has 3 aliphatic rings. The van der Waals surface area contributed by atoms with Gasteiger partial charge in [-0.25, -0.2) is 0 Å². The van der Waals surface area contributed by atoms with E-state index in [2.05, 4.69) is 0 Å². The SMILES string of the molecule is COc1cccc2c1C(=O)c1c(O)c3c(c(O)c1C2=O)C[C@@](O)(C(=O)COC(=O)Cc1ccccc1)C[C@@H]3OC1CC(N)C(O)C(C)O1.Cl. The number of esters is 1. The zero-order chi connectivity index (χ0) is 34.5. The summed E-state index contributed by atoms with van der Waals surface area (Å²) in [5.41, 5.74) is 2.90. The van der Waals surface area contributed by atoms with Gasteiger partial charge in [0.25, 0.3) is 0 Å². The molecule has 1 heterocycles. The van der Waals surface area contributed by atoms with Crippen LogP contribution in [0.5, 0.6) is 17.2 Å². The molecule has 49 heavy (non-hydrogen) atoms. The van der Waals surface area contributed by atoms with E-state index in [1.807, 2.05) is 0 Å². The van der Waals surface area contributed by atoms with Crippen molar-refractivity contribution >= 4 is 35.7 Å². The molecule has 3 aromatic rings. The van der Waals surface area contributed by atoms with E-state index in [0.717, 1.165) is 0 Å². The summed E-state index contributed by atoms with van der Waals surface area (Å²) >= 11 is 0. The number of phenolic OH excluding ortho intramolecular Hbond substituents is 2. The first kappa shape index (κ1) is 35.9. The molecular formula is C35H36ClNO12. The third-order valence-corrected chi connectivity index (χ3v) is 9.22. The molecule has 13 nitrogen and oxygen atoms in total. The zero-order valence-corrected chi connectivity index (χ0v) is 27.4. The van der Waals surface area contributed by atoms with Gasteiger partial charge in [-0.2, -0.15) is 0 Å². The van der Waals surface area contributed by atoms with Crippen LogP contribution >= 0.6 is 12.4 Å². The fourth-order valence-electron chi connectivity index (χ4n) is 6.70. The van der Waals surface area contributed by atoms with Crippen LogP contribution in [0.25, 0.3) is 0 Å². The fraction of sp³-hybridized carbons (Fsp3) is 0.371. The Morgan fingerprint density at radius 1 is 1.00 bits per heavy atom. The number of nitrogens with two attached hydrogens (primary N) is 1. The lowest BCUT2D eigenvalue weighted by molar-refractivity contribution is -0.247. The second kappa shape index (κ2) is 13.9. The maximum Gasteiger partial charge on any atom is 0.310 e. The van der Waals surface area contributed by atoms with Crippen molar-refractivity contribution in [1.82, 2.24) is 0 Å². The van der Waals surface area contributed by atoms with Gasteiger partial charge in [0.1, 0.15) is 22.8 Å². The Bertz CT molecular complexity index is 1800. The molecule has 2 aliphatic carbocycles. The van der Waals surface area contributed by atoms with E-state index in [4.69, 9.17) is 24.7 Å². The molecule has 260 valence electrons. The van der Waals surface area contributed by atoms with Crippen LogP contribution in [0.3, 0.4) is 0 Å². The number of aliphatic hydroxyl groups excluding tert-OH is 1. The van der Waals surface area contributed by atoms with Crippen molar-refractivity contribution in [2.24, 2.45) is 5.73 Å². The molecule has 1 saturated heterocycles. The van der Waals surface area contributed by atoms with E-state index < -0.39 is 102 Å². The lowest BCUT2D eigenvalue weighted by Crippen LogP contribution is -2.53. The molecule has 4 unspecified atom stereocenters. The number of aliphatic hydroxyl groups is 2. The van der Waals surface area contributed by atoms with Crippen LogP contribution in [0.1, 0.15) is 74.4 Å². The molecule has 1 fully saturated rings. The van der Waals surface area contributed by atoms with E-state index in [9.17, 15) is 39.6 Å². The molecule has 0 saturated carbocycles. The lowest BCUT2D eigenvalue weighted by atomic mass is 9.72. The number of hydrogen-bond acceptors (Lipinski definition) is 13. The second-order valence-corrected chi connectivity index (χ2v) is 12.3. The van der Waals surface area contributed by atoms with Crippen LogP contribution in [0, 0.1) is 0 Å². The zero-order valence-electron chi connectivity index (χ0n) is 26.6. The van der Waals surface area contributed by atoms with Gasteiger partial charge in [-0.05, 0) is 18.6 Å². The predicted octanol–water partition coefficient (Wildman–Crippen LogP) is 2.22. The Labute approximate surface area is 287 Å². The molecule has 0 bridgehead atoms. The number of hydrogen-bond donors (Lipinski definition) is 5. The van der Waals surface area contributed by atoms with E-state index in [1.165, 1.54) is 25.3 Å². The normalized spacial score (nSPS) is 25.7. The Morgan fingerprint density at radius 2 is 1.69 bits per heavy atom. The van der Waals surface area contributed by atoms with Crippen molar-refractivity contribution in [3.8, 4) is 17.2 Å². The number of halogens is 1. The maximum absolute atomic E-state index is 13.9. The average molecular weight is 698 g/mol.